The maximum Gasteiger partial charge on any atom is 0.164 e. The van der Waals surface area contributed by atoms with Crippen LogP contribution in [-0.2, 0) is 0 Å². The normalized spacial score (nSPS) is 12.5. The number of phenolic OH excluding ortho intramolecular Hbond substituents is 1. The predicted molar refractivity (Wildman–Crippen MR) is 132 cm³/mol. The Morgan fingerprint density at radius 3 is 2.46 bits per heavy atom. The van der Waals surface area contributed by atoms with Crippen LogP contribution in [0.2, 0.25) is 0 Å². The molecule has 35 heavy (non-hydrogen) atoms. The molecule has 0 spiro atoms. The zero-order valence-electron chi connectivity index (χ0n) is 18.9. The second kappa shape index (κ2) is 8.19. The number of para-hydroxylation sites is 2. The summed E-state index contributed by atoms with van der Waals surface area (Å²) in [6, 6.07) is 24.6. The Morgan fingerprint density at radius 1 is 0.943 bits per heavy atom. The Kier molecular flexibility index (Phi) is 4.86. The molecule has 0 saturated carbocycles. The number of benzene rings is 3. The highest BCUT2D eigenvalue weighted by Crippen LogP contribution is 2.43. The first kappa shape index (κ1) is 20.8. The van der Waals surface area contributed by atoms with E-state index in [1.54, 1.807) is 22.9 Å². The molecule has 0 atom stereocenters. The van der Waals surface area contributed by atoms with E-state index in [1.165, 1.54) is 0 Å². The molecule has 0 unspecified atom stereocenters. The first-order chi connectivity index (χ1) is 17.2. The summed E-state index contributed by atoms with van der Waals surface area (Å²) in [6.07, 6.45) is 0. The number of hydrogen-bond donors (Lipinski definition) is 1. The fraction of sp³-hybridized carbons (Fsp3) is 0.107. The lowest BCUT2D eigenvalue weighted by molar-refractivity contribution is 0.171. The average molecular weight is 460 g/mol. The van der Waals surface area contributed by atoms with Gasteiger partial charge in [-0.05, 0) is 43.3 Å². The van der Waals surface area contributed by atoms with E-state index in [0.29, 0.717) is 69.4 Å². The van der Waals surface area contributed by atoms with Gasteiger partial charge in [0.1, 0.15) is 25.0 Å². The van der Waals surface area contributed by atoms with E-state index in [9.17, 15) is 10.4 Å². The summed E-state index contributed by atoms with van der Waals surface area (Å²) in [4.78, 5) is 4.98. The Bertz CT molecular complexity index is 1630. The van der Waals surface area contributed by atoms with Gasteiger partial charge in [0.25, 0.3) is 0 Å². The van der Waals surface area contributed by atoms with Crippen molar-refractivity contribution in [1.29, 1.82) is 5.26 Å². The number of rotatable bonds is 3. The SMILES string of the molecule is Cc1nn(-c2ccccc2)c2nc(-c3ccc4c(c3)OCCO4)c(C#N)c(-c3ccccc3O)c12. The van der Waals surface area contributed by atoms with Crippen LogP contribution in [0.4, 0.5) is 0 Å². The quantitative estimate of drug-likeness (QED) is 0.387. The van der Waals surface area contributed by atoms with E-state index in [1.807, 2.05) is 61.5 Å². The Morgan fingerprint density at radius 2 is 1.69 bits per heavy atom. The van der Waals surface area contributed by atoms with Crippen LogP contribution in [0.15, 0.2) is 72.8 Å². The lowest BCUT2D eigenvalue weighted by atomic mass is 9.92. The first-order valence-electron chi connectivity index (χ1n) is 11.2. The smallest absolute Gasteiger partial charge is 0.164 e. The highest BCUT2D eigenvalue weighted by molar-refractivity contribution is 6.02. The second-order valence-electron chi connectivity index (χ2n) is 8.23. The molecular formula is C28H20N4O3. The third-order valence-corrected chi connectivity index (χ3v) is 6.09. The summed E-state index contributed by atoms with van der Waals surface area (Å²) in [6.45, 7) is 2.84. The van der Waals surface area contributed by atoms with Crippen LogP contribution in [0.5, 0.6) is 17.2 Å². The van der Waals surface area contributed by atoms with Gasteiger partial charge in [-0.15, -0.1) is 0 Å². The lowest BCUT2D eigenvalue weighted by Crippen LogP contribution is -2.15. The standard InChI is InChI=1S/C28H20N4O3/c1-17-25-26(20-9-5-6-10-22(20)33)21(16-29)27(18-11-12-23-24(15-18)35-14-13-34-23)30-28(25)32(31-17)19-7-3-2-4-8-19/h2-12,15,33H,13-14H2,1H3. The molecule has 0 fully saturated rings. The number of hydrogen-bond acceptors (Lipinski definition) is 6. The van der Waals surface area contributed by atoms with Crippen molar-refractivity contribution < 1.29 is 14.6 Å². The maximum absolute atomic E-state index is 10.8. The van der Waals surface area contributed by atoms with Crippen LogP contribution in [0.1, 0.15) is 11.3 Å². The Balaban J connectivity index is 1.73. The fourth-order valence-electron chi connectivity index (χ4n) is 4.53. The lowest BCUT2D eigenvalue weighted by Gasteiger charge is -2.19. The van der Waals surface area contributed by atoms with E-state index in [4.69, 9.17) is 19.6 Å². The number of aryl methyl sites for hydroxylation is 1. The third kappa shape index (κ3) is 3.35. The molecule has 5 aromatic rings. The van der Waals surface area contributed by atoms with Crippen LogP contribution < -0.4 is 9.47 Å². The van der Waals surface area contributed by atoms with Gasteiger partial charge in [-0.2, -0.15) is 10.4 Å². The van der Waals surface area contributed by atoms with Gasteiger partial charge in [-0.1, -0.05) is 36.4 Å². The van der Waals surface area contributed by atoms with Crippen molar-refractivity contribution in [3.63, 3.8) is 0 Å². The molecule has 7 heteroatoms. The minimum Gasteiger partial charge on any atom is -0.507 e. The molecule has 1 aliphatic rings. The van der Waals surface area contributed by atoms with Crippen LogP contribution in [0.3, 0.4) is 0 Å². The van der Waals surface area contributed by atoms with E-state index in [-0.39, 0.29) is 5.75 Å². The largest absolute Gasteiger partial charge is 0.507 e. The summed E-state index contributed by atoms with van der Waals surface area (Å²) in [7, 11) is 0. The highest BCUT2D eigenvalue weighted by Gasteiger charge is 2.25. The van der Waals surface area contributed by atoms with E-state index in [2.05, 4.69) is 6.07 Å². The number of pyridine rings is 1. The van der Waals surface area contributed by atoms with Crippen molar-refractivity contribution in [3.8, 4) is 51.4 Å². The van der Waals surface area contributed by atoms with Crippen LogP contribution in [0, 0.1) is 18.3 Å². The van der Waals surface area contributed by atoms with E-state index < -0.39 is 0 Å². The first-order valence-corrected chi connectivity index (χ1v) is 11.2. The molecule has 7 nitrogen and oxygen atoms in total. The van der Waals surface area contributed by atoms with E-state index >= 15 is 0 Å². The van der Waals surface area contributed by atoms with Gasteiger partial charge in [0.15, 0.2) is 17.1 Å². The topological polar surface area (TPSA) is 93.2 Å². The number of nitrogens with zero attached hydrogens (tertiary/aromatic N) is 4. The minimum atomic E-state index is 0.0801. The predicted octanol–water partition coefficient (Wildman–Crippen LogP) is 5.41. The second-order valence-corrected chi connectivity index (χ2v) is 8.23. The van der Waals surface area contributed by atoms with Crippen molar-refractivity contribution in [2.75, 3.05) is 13.2 Å². The van der Waals surface area contributed by atoms with Gasteiger partial charge in [-0.3, -0.25) is 0 Å². The number of phenols is 1. The van der Waals surface area contributed by atoms with Crippen molar-refractivity contribution in [3.05, 3.63) is 84.1 Å². The maximum atomic E-state index is 10.8. The summed E-state index contributed by atoms with van der Waals surface area (Å²) in [5, 5.41) is 26.6. The number of ether oxygens (including phenoxy) is 2. The van der Waals surface area contributed by atoms with Crippen molar-refractivity contribution >= 4 is 11.0 Å². The zero-order chi connectivity index (χ0) is 23.9. The Hall–Kier alpha value is -4.83. The van der Waals surface area contributed by atoms with Gasteiger partial charge in [-0.25, -0.2) is 9.67 Å². The Labute approximate surface area is 201 Å². The summed E-state index contributed by atoms with van der Waals surface area (Å²) in [5.41, 5.74) is 4.84. The zero-order valence-corrected chi connectivity index (χ0v) is 18.9. The molecule has 170 valence electrons. The molecule has 6 rings (SSSR count). The van der Waals surface area contributed by atoms with Crippen molar-refractivity contribution in [2.45, 2.75) is 6.92 Å². The summed E-state index contributed by atoms with van der Waals surface area (Å²) < 4.78 is 13.2. The summed E-state index contributed by atoms with van der Waals surface area (Å²) >= 11 is 0. The monoisotopic (exact) mass is 460 g/mol. The van der Waals surface area contributed by atoms with Gasteiger partial charge in [0.2, 0.25) is 0 Å². The van der Waals surface area contributed by atoms with Gasteiger partial charge in [0, 0.05) is 16.7 Å². The summed E-state index contributed by atoms with van der Waals surface area (Å²) in [5.74, 6) is 1.35. The number of fused-ring (bicyclic) bond motifs is 2. The van der Waals surface area contributed by atoms with Crippen LogP contribution in [0.25, 0.3) is 39.1 Å². The molecular weight excluding hydrogens is 440 g/mol. The van der Waals surface area contributed by atoms with Crippen LogP contribution in [-0.4, -0.2) is 33.1 Å². The molecule has 0 amide bonds. The fourth-order valence-corrected chi connectivity index (χ4v) is 4.53. The molecule has 0 saturated heterocycles. The van der Waals surface area contributed by atoms with Crippen molar-refractivity contribution in [1.82, 2.24) is 14.8 Å². The molecule has 2 aromatic heterocycles. The van der Waals surface area contributed by atoms with Crippen LogP contribution >= 0.6 is 0 Å². The van der Waals surface area contributed by atoms with Crippen molar-refractivity contribution in [2.24, 2.45) is 0 Å². The van der Waals surface area contributed by atoms with Gasteiger partial charge in [0.05, 0.1) is 28.0 Å². The van der Waals surface area contributed by atoms with E-state index in [0.717, 1.165) is 5.69 Å². The third-order valence-electron chi connectivity index (χ3n) is 6.09. The molecule has 0 aliphatic carbocycles. The number of nitriles is 1. The molecule has 0 bridgehead atoms. The molecule has 3 aromatic carbocycles. The number of aromatic nitrogens is 3. The molecule has 0 radical (unpaired) electrons. The van der Waals surface area contributed by atoms with Gasteiger partial charge < -0.3 is 14.6 Å². The number of aromatic hydroxyl groups is 1. The van der Waals surface area contributed by atoms with Gasteiger partial charge >= 0.3 is 0 Å². The minimum absolute atomic E-state index is 0.0801. The molecule has 3 heterocycles. The molecule has 1 N–H and O–H groups in total. The average Bonchev–Trinajstić information content (AvgIpc) is 3.24. The highest BCUT2D eigenvalue weighted by atomic mass is 16.6. The molecule has 1 aliphatic heterocycles.